The average molecular weight is 242 g/mol. The van der Waals surface area contributed by atoms with E-state index in [2.05, 4.69) is 34.8 Å². The molecule has 1 aliphatic carbocycles. The van der Waals surface area contributed by atoms with Crippen molar-refractivity contribution in [1.82, 2.24) is 4.98 Å². The normalized spacial score (nSPS) is 20.1. The maximum atomic E-state index is 11.7. The fourth-order valence-electron chi connectivity index (χ4n) is 1.94. The summed E-state index contributed by atoms with van der Waals surface area (Å²) in [5.41, 5.74) is 2.04. The van der Waals surface area contributed by atoms with Gasteiger partial charge >= 0.3 is 0 Å². The standard InChI is InChI=1S/C10H12BrNO/c1-10(2)3-7-9(8(13)4-10)6(11)5-12-7/h5,12H,3-4H2,1-2H3. The van der Waals surface area contributed by atoms with Crippen molar-refractivity contribution in [2.24, 2.45) is 5.41 Å². The summed E-state index contributed by atoms with van der Waals surface area (Å²) in [5.74, 6) is 0.249. The van der Waals surface area contributed by atoms with E-state index in [9.17, 15) is 4.79 Å². The number of hydrogen-bond acceptors (Lipinski definition) is 1. The maximum absolute atomic E-state index is 11.7. The van der Waals surface area contributed by atoms with E-state index in [4.69, 9.17) is 0 Å². The Morgan fingerprint density at radius 3 is 2.85 bits per heavy atom. The summed E-state index contributed by atoms with van der Waals surface area (Å²) in [6.45, 7) is 4.26. The lowest BCUT2D eigenvalue weighted by Crippen LogP contribution is -2.26. The fourth-order valence-corrected chi connectivity index (χ4v) is 2.52. The van der Waals surface area contributed by atoms with Crippen LogP contribution in [0, 0.1) is 5.41 Å². The highest BCUT2D eigenvalue weighted by Gasteiger charge is 2.33. The highest BCUT2D eigenvalue weighted by molar-refractivity contribution is 9.10. The Labute approximate surface area is 85.9 Å². The monoisotopic (exact) mass is 241 g/mol. The number of halogens is 1. The molecule has 1 N–H and O–H groups in total. The van der Waals surface area contributed by atoms with Gasteiger partial charge in [-0.3, -0.25) is 4.79 Å². The van der Waals surface area contributed by atoms with Gasteiger partial charge in [0.1, 0.15) is 0 Å². The number of Topliss-reactive ketones (excluding diaryl/α,β-unsaturated/α-hetero) is 1. The Morgan fingerprint density at radius 2 is 2.15 bits per heavy atom. The minimum atomic E-state index is 0.106. The van der Waals surface area contributed by atoms with Gasteiger partial charge in [0, 0.05) is 22.8 Å². The van der Waals surface area contributed by atoms with Gasteiger partial charge in [-0.1, -0.05) is 13.8 Å². The number of H-pyrrole nitrogens is 1. The predicted octanol–water partition coefficient (Wildman–Crippen LogP) is 2.93. The van der Waals surface area contributed by atoms with Gasteiger partial charge < -0.3 is 4.98 Å². The van der Waals surface area contributed by atoms with Crippen LogP contribution in [0.25, 0.3) is 0 Å². The average Bonchev–Trinajstić information content (AvgIpc) is 2.28. The van der Waals surface area contributed by atoms with Crippen LogP contribution in [0.5, 0.6) is 0 Å². The number of hydrogen-bond donors (Lipinski definition) is 1. The minimum absolute atomic E-state index is 0.106. The second-order valence-corrected chi connectivity index (χ2v) is 5.29. The molecule has 0 atom stereocenters. The van der Waals surface area contributed by atoms with Crippen molar-refractivity contribution in [3.05, 3.63) is 21.9 Å². The molecule has 0 spiro atoms. The van der Waals surface area contributed by atoms with Gasteiger partial charge in [0.25, 0.3) is 0 Å². The van der Waals surface area contributed by atoms with E-state index in [0.717, 1.165) is 22.2 Å². The summed E-state index contributed by atoms with van der Waals surface area (Å²) in [7, 11) is 0. The van der Waals surface area contributed by atoms with Gasteiger partial charge in [0.2, 0.25) is 0 Å². The van der Waals surface area contributed by atoms with Crippen molar-refractivity contribution >= 4 is 21.7 Å². The summed E-state index contributed by atoms with van der Waals surface area (Å²) >= 11 is 3.38. The summed E-state index contributed by atoms with van der Waals surface area (Å²) in [5, 5.41) is 0. The van der Waals surface area contributed by atoms with Crippen LogP contribution in [-0.4, -0.2) is 10.8 Å². The molecule has 1 heterocycles. The Bertz CT molecular complexity index is 365. The quantitative estimate of drug-likeness (QED) is 0.745. The third kappa shape index (κ3) is 1.46. The van der Waals surface area contributed by atoms with Crippen LogP contribution in [0.1, 0.15) is 36.3 Å². The second kappa shape index (κ2) is 2.71. The molecule has 13 heavy (non-hydrogen) atoms. The molecule has 0 amide bonds. The molecule has 0 radical (unpaired) electrons. The Balaban J connectivity index is 2.51. The fraction of sp³-hybridized carbons (Fsp3) is 0.500. The first kappa shape index (κ1) is 9.00. The van der Waals surface area contributed by atoms with E-state index in [-0.39, 0.29) is 11.2 Å². The number of carbonyl (C=O) groups excluding carboxylic acids is 1. The Kier molecular flexibility index (Phi) is 1.88. The number of rotatable bonds is 0. The van der Waals surface area contributed by atoms with E-state index in [1.165, 1.54) is 0 Å². The van der Waals surface area contributed by atoms with E-state index < -0.39 is 0 Å². The molecule has 0 unspecified atom stereocenters. The molecule has 1 aromatic rings. The van der Waals surface area contributed by atoms with Gasteiger partial charge in [-0.05, 0) is 27.8 Å². The summed E-state index contributed by atoms with van der Waals surface area (Å²) in [6, 6.07) is 0. The van der Waals surface area contributed by atoms with Gasteiger partial charge in [-0.15, -0.1) is 0 Å². The van der Waals surface area contributed by atoms with Crippen LogP contribution < -0.4 is 0 Å². The van der Waals surface area contributed by atoms with Crippen LogP contribution in [0.3, 0.4) is 0 Å². The van der Waals surface area contributed by atoms with Crippen molar-refractivity contribution < 1.29 is 4.79 Å². The van der Waals surface area contributed by atoms with Crippen molar-refractivity contribution in [3.8, 4) is 0 Å². The first-order chi connectivity index (χ1) is 5.99. The lowest BCUT2D eigenvalue weighted by atomic mass is 9.76. The molecule has 0 bridgehead atoms. The number of ketones is 1. The highest BCUT2D eigenvalue weighted by Crippen LogP contribution is 2.36. The van der Waals surface area contributed by atoms with E-state index in [1.807, 2.05) is 6.20 Å². The summed E-state index contributed by atoms with van der Waals surface area (Å²) in [4.78, 5) is 14.9. The molecular weight excluding hydrogens is 230 g/mol. The summed E-state index contributed by atoms with van der Waals surface area (Å²) in [6.07, 6.45) is 3.46. The van der Waals surface area contributed by atoms with Crippen LogP contribution in [-0.2, 0) is 6.42 Å². The molecule has 0 fully saturated rings. The molecule has 70 valence electrons. The predicted molar refractivity (Wildman–Crippen MR) is 54.9 cm³/mol. The highest BCUT2D eigenvalue weighted by atomic mass is 79.9. The Morgan fingerprint density at radius 1 is 1.46 bits per heavy atom. The van der Waals surface area contributed by atoms with Crippen LogP contribution in [0.15, 0.2) is 10.7 Å². The lowest BCUT2D eigenvalue weighted by molar-refractivity contribution is 0.0911. The zero-order chi connectivity index (χ0) is 9.64. The SMILES string of the molecule is CC1(C)CC(=O)c2c(Br)c[nH]c2C1. The molecule has 2 nitrogen and oxygen atoms in total. The number of nitrogens with one attached hydrogen (secondary N) is 1. The molecule has 0 aliphatic heterocycles. The van der Waals surface area contributed by atoms with Gasteiger partial charge in [-0.25, -0.2) is 0 Å². The molecule has 0 saturated carbocycles. The number of carbonyl (C=O) groups is 1. The first-order valence-corrected chi connectivity index (χ1v) is 5.18. The molecular formula is C10H12BrNO. The topological polar surface area (TPSA) is 32.9 Å². The van der Waals surface area contributed by atoms with Crippen molar-refractivity contribution in [3.63, 3.8) is 0 Å². The molecule has 3 heteroatoms. The largest absolute Gasteiger partial charge is 0.363 e. The van der Waals surface area contributed by atoms with Crippen molar-refractivity contribution in [1.29, 1.82) is 0 Å². The van der Waals surface area contributed by atoms with Crippen molar-refractivity contribution in [2.75, 3.05) is 0 Å². The second-order valence-electron chi connectivity index (χ2n) is 4.43. The van der Waals surface area contributed by atoms with Crippen molar-refractivity contribution in [2.45, 2.75) is 26.7 Å². The molecule has 0 aromatic carbocycles. The van der Waals surface area contributed by atoms with Crippen LogP contribution in [0.2, 0.25) is 0 Å². The zero-order valence-corrected chi connectivity index (χ0v) is 9.36. The lowest BCUT2D eigenvalue weighted by Gasteiger charge is -2.28. The summed E-state index contributed by atoms with van der Waals surface area (Å²) < 4.78 is 0.906. The minimum Gasteiger partial charge on any atom is -0.363 e. The number of aromatic nitrogens is 1. The zero-order valence-electron chi connectivity index (χ0n) is 7.78. The third-order valence-electron chi connectivity index (χ3n) is 2.49. The third-order valence-corrected chi connectivity index (χ3v) is 3.11. The van der Waals surface area contributed by atoms with E-state index >= 15 is 0 Å². The molecule has 0 saturated heterocycles. The number of fused-ring (bicyclic) bond motifs is 1. The van der Waals surface area contributed by atoms with E-state index in [0.29, 0.717) is 6.42 Å². The molecule has 1 aromatic heterocycles. The first-order valence-electron chi connectivity index (χ1n) is 4.38. The smallest absolute Gasteiger partial charge is 0.166 e. The van der Waals surface area contributed by atoms with Crippen LogP contribution >= 0.6 is 15.9 Å². The van der Waals surface area contributed by atoms with Gasteiger partial charge in [-0.2, -0.15) is 0 Å². The maximum Gasteiger partial charge on any atom is 0.166 e. The molecule has 2 rings (SSSR count). The molecule has 1 aliphatic rings. The van der Waals surface area contributed by atoms with E-state index in [1.54, 1.807) is 0 Å². The van der Waals surface area contributed by atoms with Crippen LogP contribution in [0.4, 0.5) is 0 Å². The van der Waals surface area contributed by atoms with Gasteiger partial charge in [0.15, 0.2) is 5.78 Å². The number of aromatic amines is 1. The van der Waals surface area contributed by atoms with Gasteiger partial charge in [0.05, 0.1) is 5.56 Å². The Hall–Kier alpha value is -0.570.